The predicted molar refractivity (Wildman–Crippen MR) is 79.5 cm³/mol. The third-order valence-electron chi connectivity index (χ3n) is 3.16. The highest BCUT2D eigenvalue weighted by molar-refractivity contribution is 5.42. The molecule has 3 rings (SSSR count). The summed E-state index contributed by atoms with van der Waals surface area (Å²) in [7, 11) is 0. The molecule has 108 valence electrons. The highest BCUT2D eigenvalue weighted by Gasteiger charge is 2.09. The van der Waals surface area contributed by atoms with Crippen LogP contribution in [0.3, 0.4) is 0 Å². The van der Waals surface area contributed by atoms with E-state index in [-0.39, 0.29) is 6.10 Å². The van der Waals surface area contributed by atoms with E-state index in [1.807, 2.05) is 42.5 Å². The summed E-state index contributed by atoms with van der Waals surface area (Å²) in [6.07, 6.45) is 2.72. The van der Waals surface area contributed by atoms with Crippen LogP contribution in [0.2, 0.25) is 0 Å². The van der Waals surface area contributed by atoms with Crippen molar-refractivity contribution in [1.29, 1.82) is 0 Å². The lowest BCUT2D eigenvalue weighted by molar-refractivity contribution is 0.184. The van der Waals surface area contributed by atoms with Crippen LogP contribution >= 0.6 is 0 Å². The van der Waals surface area contributed by atoms with E-state index in [2.05, 4.69) is 10.1 Å². The maximum atomic E-state index is 9.41. The Hall–Kier alpha value is -2.40. The second-order valence-electron chi connectivity index (χ2n) is 4.99. The Bertz CT molecular complexity index is 723. The molecular weight excluding hydrogens is 266 g/mol. The number of fused-ring (bicyclic) bond motifs is 1. The molecule has 2 aromatic heterocycles. The van der Waals surface area contributed by atoms with Crippen LogP contribution in [0.1, 0.15) is 19.0 Å². The van der Waals surface area contributed by atoms with Gasteiger partial charge in [-0.05, 0) is 31.9 Å². The molecule has 21 heavy (non-hydrogen) atoms. The number of hydrogen-bond donors (Lipinski definition) is 1. The maximum absolute atomic E-state index is 9.41. The SMILES string of the molecule is CC(O)CCc1cc(Oc2ccccc2)n2nccc2n1. The minimum absolute atomic E-state index is 0.341. The first-order chi connectivity index (χ1) is 10.2. The van der Waals surface area contributed by atoms with Crippen LogP contribution in [0.5, 0.6) is 11.6 Å². The fourth-order valence-electron chi connectivity index (χ4n) is 2.10. The van der Waals surface area contributed by atoms with E-state index in [1.54, 1.807) is 17.6 Å². The zero-order chi connectivity index (χ0) is 14.7. The van der Waals surface area contributed by atoms with Crippen LogP contribution in [0.15, 0.2) is 48.7 Å². The molecule has 0 aliphatic rings. The van der Waals surface area contributed by atoms with Gasteiger partial charge < -0.3 is 9.84 Å². The zero-order valence-electron chi connectivity index (χ0n) is 11.8. The Morgan fingerprint density at radius 2 is 2.05 bits per heavy atom. The summed E-state index contributed by atoms with van der Waals surface area (Å²) in [6, 6.07) is 13.3. The summed E-state index contributed by atoms with van der Waals surface area (Å²) in [4.78, 5) is 4.52. The third-order valence-corrected chi connectivity index (χ3v) is 3.16. The van der Waals surface area contributed by atoms with Crippen molar-refractivity contribution in [2.24, 2.45) is 0 Å². The average Bonchev–Trinajstić information content (AvgIpc) is 2.95. The van der Waals surface area contributed by atoms with E-state index in [0.717, 1.165) is 17.1 Å². The van der Waals surface area contributed by atoms with Gasteiger partial charge in [0.05, 0.1) is 12.3 Å². The Balaban J connectivity index is 1.93. The summed E-state index contributed by atoms with van der Waals surface area (Å²) >= 11 is 0. The van der Waals surface area contributed by atoms with Gasteiger partial charge >= 0.3 is 0 Å². The number of rotatable bonds is 5. The fourth-order valence-corrected chi connectivity index (χ4v) is 2.10. The number of hydrogen-bond acceptors (Lipinski definition) is 4. The summed E-state index contributed by atoms with van der Waals surface area (Å²) in [5.41, 5.74) is 1.62. The third kappa shape index (κ3) is 3.20. The number of para-hydroxylation sites is 1. The molecule has 0 saturated heterocycles. The van der Waals surface area contributed by atoms with Crippen LogP contribution in [0.25, 0.3) is 5.65 Å². The normalized spacial score (nSPS) is 12.5. The number of benzene rings is 1. The Morgan fingerprint density at radius 3 is 2.81 bits per heavy atom. The molecule has 0 aliphatic carbocycles. The van der Waals surface area contributed by atoms with Gasteiger partial charge in [0.25, 0.3) is 0 Å². The quantitative estimate of drug-likeness (QED) is 0.782. The van der Waals surface area contributed by atoms with Gasteiger partial charge in [-0.3, -0.25) is 0 Å². The second-order valence-corrected chi connectivity index (χ2v) is 4.99. The zero-order valence-corrected chi connectivity index (χ0v) is 11.8. The van der Waals surface area contributed by atoms with E-state index in [1.165, 1.54) is 0 Å². The van der Waals surface area contributed by atoms with Gasteiger partial charge in [-0.15, -0.1) is 0 Å². The molecule has 0 amide bonds. The van der Waals surface area contributed by atoms with Crippen molar-refractivity contribution in [1.82, 2.24) is 14.6 Å². The van der Waals surface area contributed by atoms with Crippen molar-refractivity contribution in [2.75, 3.05) is 0 Å². The summed E-state index contributed by atoms with van der Waals surface area (Å²) in [5.74, 6) is 1.37. The van der Waals surface area contributed by atoms with Crippen LogP contribution in [-0.2, 0) is 6.42 Å². The van der Waals surface area contributed by atoms with Crippen LogP contribution in [-0.4, -0.2) is 25.8 Å². The summed E-state index contributed by atoms with van der Waals surface area (Å²) < 4.78 is 7.56. The second kappa shape index (κ2) is 5.93. The minimum atomic E-state index is -0.341. The summed E-state index contributed by atoms with van der Waals surface area (Å²) in [6.45, 7) is 1.78. The van der Waals surface area contributed by atoms with E-state index < -0.39 is 0 Å². The van der Waals surface area contributed by atoms with Gasteiger partial charge in [0.2, 0.25) is 5.88 Å². The lowest BCUT2D eigenvalue weighted by Gasteiger charge is -2.10. The minimum Gasteiger partial charge on any atom is -0.439 e. The molecule has 0 bridgehead atoms. The molecule has 0 aliphatic heterocycles. The van der Waals surface area contributed by atoms with Crippen LogP contribution < -0.4 is 4.74 Å². The van der Waals surface area contributed by atoms with Crippen molar-refractivity contribution in [3.8, 4) is 11.6 Å². The summed E-state index contributed by atoms with van der Waals surface area (Å²) in [5, 5.41) is 13.6. The molecule has 0 saturated carbocycles. The lowest BCUT2D eigenvalue weighted by atomic mass is 10.1. The molecule has 0 fully saturated rings. The number of nitrogens with zero attached hydrogens (tertiary/aromatic N) is 3. The largest absolute Gasteiger partial charge is 0.439 e. The van der Waals surface area contributed by atoms with Crippen molar-refractivity contribution in [3.63, 3.8) is 0 Å². The van der Waals surface area contributed by atoms with Gasteiger partial charge in [-0.25, -0.2) is 4.98 Å². The van der Waals surface area contributed by atoms with Crippen molar-refractivity contribution >= 4 is 5.65 Å². The lowest BCUT2D eigenvalue weighted by Crippen LogP contribution is -2.05. The van der Waals surface area contributed by atoms with E-state index in [9.17, 15) is 5.11 Å². The van der Waals surface area contributed by atoms with Crippen molar-refractivity contribution < 1.29 is 9.84 Å². The Kier molecular flexibility index (Phi) is 3.83. The van der Waals surface area contributed by atoms with Crippen molar-refractivity contribution in [3.05, 3.63) is 54.4 Å². The molecule has 3 aromatic rings. The molecule has 1 aromatic carbocycles. The monoisotopic (exact) mass is 283 g/mol. The number of aliphatic hydroxyl groups is 1. The molecule has 2 heterocycles. The first-order valence-electron chi connectivity index (χ1n) is 6.97. The highest BCUT2D eigenvalue weighted by atomic mass is 16.5. The van der Waals surface area contributed by atoms with E-state index in [4.69, 9.17) is 4.74 Å². The first-order valence-corrected chi connectivity index (χ1v) is 6.97. The van der Waals surface area contributed by atoms with E-state index in [0.29, 0.717) is 18.7 Å². The topological polar surface area (TPSA) is 59.7 Å². The number of aliphatic hydroxyl groups excluding tert-OH is 1. The van der Waals surface area contributed by atoms with Gasteiger partial charge in [-0.1, -0.05) is 18.2 Å². The maximum Gasteiger partial charge on any atom is 0.224 e. The molecule has 0 radical (unpaired) electrons. The molecule has 5 nitrogen and oxygen atoms in total. The fraction of sp³-hybridized carbons (Fsp3) is 0.250. The van der Waals surface area contributed by atoms with Crippen LogP contribution in [0, 0.1) is 0 Å². The molecule has 1 unspecified atom stereocenters. The van der Waals surface area contributed by atoms with Crippen LogP contribution in [0.4, 0.5) is 0 Å². The Labute approximate surface area is 122 Å². The van der Waals surface area contributed by atoms with Gasteiger partial charge in [-0.2, -0.15) is 9.61 Å². The smallest absolute Gasteiger partial charge is 0.224 e. The van der Waals surface area contributed by atoms with E-state index >= 15 is 0 Å². The number of ether oxygens (including phenoxy) is 1. The Morgan fingerprint density at radius 1 is 1.24 bits per heavy atom. The first kappa shape index (κ1) is 13.6. The highest BCUT2D eigenvalue weighted by Crippen LogP contribution is 2.22. The predicted octanol–water partition coefficient (Wildman–Crippen LogP) is 2.83. The molecule has 1 atom stereocenters. The van der Waals surface area contributed by atoms with Gasteiger partial charge in [0.15, 0.2) is 5.65 Å². The molecule has 1 N–H and O–H groups in total. The molecular formula is C16H17N3O2. The molecule has 0 spiro atoms. The van der Waals surface area contributed by atoms with Gasteiger partial charge in [0, 0.05) is 17.8 Å². The standard InChI is InChI=1S/C16H17N3O2/c1-12(20)7-8-13-11-16(19-15(18-13)9-10-17-19)21-14-5-3-2-4-6-14/h2-6,9-12,20H,7-8H2,1H3. The average molecular weight is 283 g/mol. The number of aromatic nitrogens is 3. The number of aryl methyl sites for hydroxylation is 1. The van der Waals surface area contributed by atoms with Crippen molar-refractivity contribution in [2.45, 2.75) is 25.9 Å². The van der Waals surface area contributed by atoms with Gasteiger partial charge in [0.1, 0.15) is 5.75 Å². The molecule has 5 heteroatoms.